The minimum atomic E-state index is 0.988. The lowest BCUT2D eigenvalue weighted by Gasteiger charge is -1.80. The molecule has 0 heterocycles. The van der Waals surface area contributed by atoms with Gasteiger partial charge < -0.3 is 5.73 Å². The van der Waals surface area contributed by atoms with Crippen LogP contribution in [0.1, 0.15) is 6.92 Å². The van der Waals surface area contributed by atoms with Crippen LogP contribution in [0, 0.1) is 0 Å². The Morgan fingerprint density at radius 2 is 2.29 bits per heavy atom. The van der Waals surface area contributed by atoms with Crippen LogP contribution >= 0.6 is 0 Å². The molecule has 0 spiro atoms. The molecule has 0 aliphatic carbocycles. The van der Waals surface area contributed by atoms with Gasteiger partial charge in [-0.3, -0.25) is 4.99 Å². The summed E-state index contributed by atoms with van der Waals surface area (Å²) in [5, 5.41) is 0. The van der Waals surface area contributed by atoms with Crippen molar-refractivity contribution >= 4 is 6.21 Å². The van der Waals surface area contributed by atoms with Gasteiger partial charge in [0.1, 0.15) is 0 Å². The SMILES string of the molecule is C/N=C\C(C)=C/N. The molecule has 0 aliphatic heterocycles. The second-order valence-corrected chi connectivity index (χ2v) is 1.30. The van der Waals surface area contributed by atoms with E-state index in [9.17, 15) is 0 Å². The predicted octanol–water partition coefficient (Wildman–Crippen LogP) is 0.550. The molecule has 0 aromatic carbocycles. The maximum atomic E-state index is 5.10. The third-order valence-corrected chi connectivity index (χ3v) is 0.596. The summed E-state index contributed by atoms with van der Waals surface area (Å²) < 4.78 is 0. The zero-order valence-electron chi connectivity index (χ0n) is 4.68. The maximum absolute atomic E-state index is 5.10. The van der Waals surface area contributed by atoms with Gasteiger partial charge >= 0.3 is 0 Å². The standard InChI is InChI=1S/C5H10N2/c1-5(3-6)4-7-2/h3-4H,6H2,1-2H3/b5-3-,7-4-. The molecule has 2 heteroatoms. The molecule has 0 amide bonds. The fourth-order valence-electron chi connectivity index (χ4n) is 0.247. The largest absolute Gasteiger partial charge is 0.404 e. The number of hydrogen-bond acceptors (Lipinski definition) is 2. The highest BCUT2D eigenvalue weighted by Crippen LogP contribution is 1.79. The average Bonchev–Trinajstić information content (AvgIpc) is 1.68. The molecule has 0 unspecified atom stereocenters. The number of nitrogens with two attached hydrogens (primary N) is 1. The first-order chi connectivity index (χ1) is 3.31. The molecular weight excluding hydrogens is 88.1 g/mol. The van der Waals surface area contributed by atoms with Crippen LogP contribution in [0.2, 0.25) is 0 Å². The van der Waals surface area contributed by atoms with Crippen LogP contribution in [0.5, 0.6) is 0 Å². The molecule has 0 aromatic rings. The van der Waals surface area contributed by atoms with Gasteiger partial charge in [-0.05, 0) is 18.7 Å². The number of nitrogens with zero attached hydrogens (tertiary/aromatic N) is 1. The molecule has 2 nitrogen and oxygen atoms in total. The molecule has 0 saturated heterocycles. The second-order valence-electron chi connectivity index (χ2n) is 1.30. The summed E-state index contributed by atoms with van der Waals surface area (Å²) in [6, 6.07) is 0. The van der Waals surface area contributed by atoms with E-state index in [1.165, 1.54) is 6.20 Å². The van der Waals surface area contributed by atoms with Crippen molar-refractivity contribution in [3.63, 3.8) is 0 Å². The van der Waals surface area contributed by atoms with Gasteiger partial charge in [-0.2, -0.15) is 0 Å². The number of aliphatic imine (C=N–C) groups is 1. The van der Waals surface area contributed by atoms with Crippen molar-refractivity contribution in [2.75, 3.05) is 7.05 Å². The molecule has 2 N–H and O–H groups in total. The van der Waals surface area contributed by atoms with Gasteiger partial charge in [-0.25, -0.2) is 0 Å². The van der Waals surface area contributed by atoms with Crippen LogP contribution in [0.15, 0.2) is 16.8 Å². The van der Waals surface area contributed by atoms with E-state index in [-0.39, 0.29) is 0 Å². The van der Waals surface area contributed by atoms with E-state index in [0.29, 0.717) is 0 Å². The molecule has 0 rings (SSSR count). The number of hydrogen-bond donors (Lipinski definition) is 1. The van der Waals surface area contributed by atoms with E-state index in [0.717, 1.165) is 5.57 Å². The van der Waals surface area contributed by atoms with E-state index in [4.69, 9.17) is 5.73 Å². The summed E-state index contributed by atoms with van der Waals surface area (Å²) in [6.07, 6.45) is 3.23. The molecule has 0 bridgehead atoms. The van der Waals surface area contributed by atoms with Crippen molar-refractivity contribution in [2.24, 2.45) is 10.7 Å². The summed E-state index contributed by atoms with van der Waals surface area (Å²) in [7, 11) is 1.72. The smallest absolute Gasteiger partial charge is 0.0277 e. The Morgan fingerprint density at radius 1 is 1.71 bits per heavy atom. The Bertz CT molecular complexity index is 92.3. The summed E-state index contributed by atoms with van der Waals surface area (Å²) >= 11 is 0. The van der Waals surface area contributed by atoms with Gasteiger partial charge in [0, 0.05) is 13.3 Å². The van der Waals surface area contributed by atoms with Gasteiger partial charge in [0.05, 0.1) is 0 Å². The third kappa shape index (κ3) is 3.03. The zero-order valence-corrected chi connectivity index (χ0v) is 4.68. The van der Waals surface area contributed by atoms with Crippen LogP contribution in [-0.4, -0.2) is 13.3 Å². The van der Waals surface area contributed by atoms with Crippen molar-refractivity contribution in [1.29, 1.82) is 0 Å². The molecule has 0 aromatic heterocycles. The first-order valence-corrected chi connectivity index (χ1v) is 2.12. The van der Waals surface area contributed by atoms with Gasteiger partial charge in [-0.15, -0.1) is 0 Å². The lowest BCUT2D eigenvalue weighted by atomic mass is 10.4. The van der Waals surface area contributed by atoms with E-state index >= 15 is 0 Å². The predicted molar refractivity (Wildman–Crippen MR) is 32.4 cm³/mol. The fourth-order valence-corrected chi connectivity index (χ4v) is 0.247. The van der Waals surface area contributed by atoms with Crippen molar-refractivity contribution in [1.82, 2.24) is 0 Å². The van der Waals surface area contributed by atoms with Crippen LogP contribution < -0.4 is 5.73 Å². The first kappa shape index (κ1) is 6.21. The molecular formula is C5H10N2. The third-order valence-electron chi connectivity index (χ3n) is 0.596. The average molecular weight is 98.1 g/mol. The fraction of sp³-hybridized carbons (Fsp3) is 0.400. The monoisotopic (exact) mass is 98.1 g/mol. The van der Waals surface area contributed by atoms with Crippen LogP contribution in [-0.2, 0) is 0 Å². The van der Waals surface area contributed by atoms with Crippen LogP contribution in [0.4, 0.5) is 0 Å². The Hall–Kier alpha value is -0.790. The quantitative estimate of drug-likeness (QED) is 0.478. The van der Waals surface area contributed by atoms with Gasteiger partial charge in [-0.1, -0.05) is 0 Å². The second kappa shape index (κ2) is 3.40. The Morgan fingerprint density at radius 3 is 2.43 bits per heavy atom. The maximum Gasteiger partial charge on any atom is 0.0277 e. The van der Waals surface area contributed by atoms with E-state index < -0.39 is 0 Å². The van der Waals surface area contributed by atoms with Gasteiger partial charge in [0.2, 0.25) is 0 Å². The highest BCUT2D eigenvalue weighted by Gasteiger charge is 1.71. The molecule has 0 fully saturated rings. The number of allylic oxidation sites excluding steroid dienone is 1. The molecule has 0 saturated carbocycles. The first-order valence-electron chi connectivity index (χ1n) is 2.12. The molecule has 40 valence electrons. The lowest BCUT2D eigenvalue weighted by Crippen LogP contribution is -1.83. The summed E-state index contributed by atoms with van der Waals surface area (Å²) in [6.45, 7) is 1.90. The molecule has 0 aliphatic rings. The van der Waals surface area contributed by atoms with Gasteiger partial charge in [0.25, 0.3) is 0 Å². The molecule has 7 heavy (non-hydrogen) atoms. The van der Waals surface area contributed by atoms with E-state index in [2.05, 4.69) is 4.99 Å². The molecule has 0 atom stereocenters. The van der Waals surface area contributed by atoms with Crippen molar-refractivity contribution in [2.45, 2.75) is 6.92 Å². The van der Waals surface area contributed by atoms with E-state index in [1.54, 1.807) is 13.3 Å². The summed E-state index contributed by atoms with van der Waals surface area (Å²) in [5.74, 6) is 0. The van der Waals surface area contributed by atoms with Crippen molar-refractivity contribution in [3.8, 4) is 0 Å². The Balaban J connectivity index is 3.58. The highest BCUT2D eigenvalue weighted by atomic mass is 14.6. The van der Waals surface area contributed by atoms with Crippen molar-refractivity contribution < 1.29 is 0 Å². The Kier molecular flexibility index (Phi) is 3.02. The van der Waals surface area contributed by atoms with Crippen LogP contribution in [0.25, 0.3) is 0 Å². The van der Waals surface area contributed by atoms with Crippen molar-refractivity contribution in [3.05, 3.63) is 11.8 Å². The minimum absolute atomic E-state index is 0.988. The summed E-state index contributed by atoms with van der Waals surface area (Å²) in [5.41, 5.74) is 6.09. The van der Waals surface area contributed by atoms with E-state index in [1.807, 2.05) is 6.92 Å². The topological polar surface area (TPSA) is 38.4 Å². The molecule has 0 radical (unpaired) electrons. The van der Waals surface area contributed by atoms with Crippen LogP contribution in [0.3, 0.4) is 0 Å². The highest BCUT2D eigenvalue weighted by molar-refractivity contribution is 5.77. The number of rotatable bonds is 1. The normalized spacial score (nSPS) is 13.1. The van der Waals surface area contributed by atoms with Gasteiger partial charge in [0.15, 0.2) is 0 Å². The Labute approximate surface area is 43.7 Å². The lowest BCUT2D eigenvalue weighted by molar-refractivity contribution is 1.42. The zero-order chi connectivity index (χ0) is 5.70. The summed E-state index contributed by atoms with van der Waals surface area (Å²) in [4.78, 5) is 3.73. The minimum Gasteiger partial charge on any atom is -0.404 e.